The highest BCUT2D eigenvalue weighted by Gasteiger charge is 2.17. The van der Waals surface area contributed by atoms with Gasteiger partial charge in [0, 0.05) is 0 Å². The molecule has 1 atom stereocenters. The average molecular weight is 338 g/mol. The van der Waals surface area contributed by atoms with Crippen molar-refractivity contribution < 1.29 is 14.3 Å². The highest BCUT2D eigenvalue weighted by atomic mass is 16.5. The number of para-hydroxylation sites is 1. The molecule has 0 radical (unpaired) electrons. The molecule has 0 fully saturated rings. The van der Waals surface area contributed by atoms with Gasteiger partial charge >= 0.3 is 5.97 Å². The fraction of sp³-hybridized carbons (Fsp3) is 0.211. The molecule has 0 saturated heterocycles. The quantitative estimate of drug-likeness (QED) is 0.739. The van der Waals surface area contributed by atoms with Gasteiger partial charge in [-0.25, -0.2) is 9.78 Å². The average Bonchev–Trinajstić information content (AvgIpc) is 2.62. The maximum Gasteiger partial charge on any atom is 0.338 e. The van der Waals surface area contributed by atoms with Gasteiger partial charge in [-0.1, -0.05) is 18.2 Å². The summed E-state index contributed by atoms with van der Waals surface area (Å²) < 4.78 is 10.7. The number of aryl methyl sites for hydroxylation is 1. The van der Waals surface area contributed by atoms with Gasteiger partial charge in [-0.15, -0.1) is 0 Å². The van der Waals surface area contributed by atoms with Crippen molar-refractivity contribution in [3.63, 3.8) is 0 Å². The number of hydrogen-bond acceptors (Lipinski definition) is 5. The molecule has 6 nitrogen and oxygen atoms in total. The summed E-state index contributed by atoms with van der Waals surface area (Å²) in [5.41, 5.74) is 1.59. The fourth-order valence-electron chi connectivity index (χ4n) is 2.53. The second-order valence-corrected chi connectivity index (χ2v) is 5.70. The highest BCUT2D eigenvalue weighted by molar-refractivity contribution is 5.90. The lowest BCUT2D eigenvalue weighted by Crippen LogP contribution is -2.17. The molecule has 3 aromatic rings. The Kier molecular flexibility index (Phi) is 4.52. The molecule has 1 unspecified atom stereocenters. The van der Waals surface area contributed by atoms with Crippen molar-refractivity contribution in [2.24, 2.45) is 0 Å². The number of esters is 1. The normalized spacial score (nSPS) is 12.0. The molecule has 0 aliphatic rings. The lowest BCUT2D eigenvalue weighted by atomic mass is 10.1. The molecular formula is C19H18N2O4. The van der Waals surface area contributed by atoms with Crippen molar-refractivity contribution in [2.45, 2.75) is 20.0 Å². The predicted octanol–water partition coefficient (Wildman–Crippen LogP) is 3.16. The number of nitrogens with one attached hydrogen (secondary N) is 1. The first kappa shape index (κ1) is 16.7. The number of fused-ring (bicyclic) bond motifs is 1. The molecule has 0 aliphatic carbocycles. The van der Waals surface area contributed by atoms with Crippen LogP contribution in [-0.4, -0.2) is 23.0 Å². The van der Waals surface area contributed by atoms with Crippen LogP contribution in [0.3, 0.4) is 0 Å². The zero-order valence-corrected chi connectivity index (χ0v) is 14.2. The third-order valence-electron chi connectivity index (χ3n) is 3.94. The molecule has 0 aliphatic heterocycles. The van der Waals surface area contributed by atoms with Gasteiger partial charge in [0.25, 0.3) is 5.56 Å². The van der Waals surface area contributed by atoms with Gasteiger partial charge in [-0.05, 0) is 43.7 Å². The number of rotatable bonds is 4. The van der Waals surface area contributed by atoms with Crippen LogP contribution in [0.4, 0.5) is 0 Å². The Bertz CT molecular complexity index is 994. The zero-order chi connectivity index (χ0) is 18.0. The van der Waals surface area contributed by atoms with E-state index in [4.69, 9.17) is 9.47 Å². The fourth-order valence-corrected chi connectivity index (χ4v) is 2.53. The molecule has 25 heavy (non-hydrogen) atoms. The lowest BCUT2D eigenvalue weighted by molar-refractivity contribution is 0.0319. The van der Waals surface area contributed by atoms with Crippen LogP contribution in [0.25, 0.3) is 10.9 Å². The maximum absolute atomic E-state index is 12.4. The molecule has 0 bridgehead atoms. The van der Waals surface area contributed by atoms with Crippen LogP contribution in [0.2, 0.25) is 0 Å². The monoisotopic (exact) mass is 338 g/mol. The summed E-state index contributed by atoms with van der Waals surface area (Å²) >= 11 is 0. The summed E-state index contributed by atoms with van der Waals surface area (Å²) in [5, 5.41) is 0.494. The Labute approximate surface area is 144 Å². The summed E-state index contributed by atoms with van der Waals surface area (Å²) in [4.78, 5) is 31.5. The SMILES string of the molecule is COc1cc(C(=O)OC(C)c2nc3ccccc3c(=O)[nH]2)ccc1C. The molecular weight excluding hydrogens is 320 g/mol. The Morgan fingerprint density at radius 1 is 1.20 bits per heavy atom. The summed E-state index contributed by atoms with van der Waals surface area (Å²) in [5.74, 6) is 0.400. The number of hydrogen-bond donors (Lipinski definition) is 1. The van der Waals surface area contributed by atoms with Gasteiger partial charge in [0.2, 0.25) is 0 Å². The highest BCUT2D eigenvalue weighted by Crippen LogP contribution is 2.22. The topological polar surface area (TPSA) is 81.3 Å². The summed E-state index contributed by atoms with van der Waals surface area (Å²) in [6, 6.07) is 12.1. The van der Waals surface area contributed by atoms with Crippen molar-refractivity contribution in [2.75, 3.05) is 7.11 Å². The minimum Gasteiger partial charge on any atom is -0.496 e. The first-order valence-corrected chi connectivity index (χ1v) is 7.84. The number of aromatic amines is 1. The maximum atomic E-state index is 12.4. The third-order valence-corrected chi connectivity index (χ3v) is 3.94. The van der Waals surface area contributed by atoms with Gasteiger partial charge < -0.3 is 14.5 Å². The molecule has 1 N–H and O–H groups in total. The molecule has 0 saturated carbocycles. The first-order chi connectivity index (χ1) is 12.0. The van der Waals surface area contributed by atoms with Crippen LogP contribution in [-0.2, 0) is 4.74 Å². The van der Waals surface area contributed by atoms with Crippen LogP contribution in [0.1, 0.15) is 34.8 Å². The van der Waals surface area contributed by atoms with Crippen molar-refractivity contribution in [3.8, 4) is 5.75 Å². The minimum atomic E-state index is -0.697. The third kappa shape index (κ3) is 3.38. The minimum absolute atomic E-state index is 0.263. The molecule has 128 valence electrons. The van der Waals surface area contributed by atoms with E-state index in [1.165, 1.54) is 0 Å². The smallest absolute Gasteiger partial charge is 0.338 e. The first-order valence-electron chi connectivity index (χ1n) is 7.84. The van der Waals surface area contributed by atoms with Gasteiger partial charge in [0.05, 0.1) is 23.6 Å². The zero-order valence-electron chi connectivity index (χ0n) is 14.2. The number of carbonyl (C=O) groups excluding carboxylic acids is 1. The van der Waals surface area contributed by atoms with E-state index in [0.29, 0.717) is 28.0 Å². The number of carbonyl (C=O) groups is 1. The van der Waals surface area contributed by atoms with Gasteiger partial charge in [-0.3, -0.25) is 4.79 Å². The summed E-state index contributed by atoms with van der Waals surface area (Å²) in [6.45, 7) is 3.55. The number of methoxy groups -OCH3 is 1. The molecule has 1 heterocycles. The number of nitrogens with zero attached hydrogens (tertiary/aromatic N) is 1. The Morgan fingerprint density at radius 3 is 2.72 bits per heavy atom. The van der Waals surface area contributed by atoms with Crippen molar-refractivity contribution >= 4 is 16.9 Å². The van der Waals surface area contributed by atoms with Crippen molar-refractivity contribution in [1.82, 2.24) is 9.97 Å². The molecule has 6 heteroatoms. The number of aromatic nitrogens is 2. The molecule has 2 aromatic carbocycles. The Morgan fingerprint density at radius 2 is 1.96 bits per heavy atom. The number of H-pyrrole nitrogens is 1. The van der Waals surface area contributed by atoms with E-state index in [1.807, 2.05) is 6.92 Å². The predicted molar refractivity (Wildman–Crippen MR) is 93.9 cm³/mol. The van der Waals surface area contributed by atoms with Crippen LogP contribution < -0.4 is 10.3 Å². The van der Waals surface area contributed by atoms with Crippen LogP contribution >= 0.6 is 0 Å². The van der Waals surface area contributed by atoms with E-state index in [0.717, 1.165) is 5.56 Å². The van der Waals surface area contributed by atoms with Crippen LogP contribution in [0, 0.1) is 6.92 Å². The molecule has 0 amide bonds. The molecule has 3 rings (SSSR count). The van der Waals surface area contributed by atoms with Gasteiger partial charge in [0.15, 0.2) is 11.9 Å². The van der Waals surface area contributed by atoms with Gasteiger partial charge in [-0.2, -0.15) is 0 Å². The Balaban J connectivity index is 1.85. The van der Waals surface area contributed by atoms with Gasteiger partial charge in [0.1, 0.15) is 5.75 Å². The van der Waals surface area contributed by atoms with E-state index in [1.54, 1.807) is 56.5 Å². The van der Waals surface area contributed by atoms with Crippen LogP contribution in [0.15, 0.2) is 47.3 Å². The van der Waals surface area contributed by atoms with Crippen LogP contribution in [0.5, 0.6) is 5.75 Å². The lowest BCUT2D eigenvalue weighted by Gasteiger charge is -2.14. The number of ether oxygens (including phenoxy) is 2. The summed E-state index contributed by atoms with van der Waals surface area (Å²) in [6.07, 6.45) is -0.697. The van der Waals surface area contributed by atoms with E-state index < -0.39 is 12.1 Å². The van der Waals surface area contributed by atoms with Crippen molar-refractivity contribution in [1.29, 1.82) is 0 Å². The largest absolute Gasteiger partial charge is 0.496 e. The Hall–Kier alpha value is -3.15. The second kappa shape index (κ2) is 6.76. The second-order valence-electron chi connectivity index (χ2n) is 5.70. The van der Waals surface area contributed by atoms with Crippen molar-refractivity contribution in [3.05, 3.63) is 69.8 Å². The van der Waals surface area contributed by atoms with E-state index in [-0.39, 0.29) is 5.56 Å². The van der Waals surface area contributed by atoms with E-state index in [9.17, 15) is 9.59 Å². The van der Waals surface area contributed by atoms with E-state index >= 15 is 0 Å². The van der Waals surface area contributed by atoms with E-state index in [2.05, 4.69) is 9.97 Å². The summed E-state index contributed by atoms with van der Waals surface area (Å²) in [7, 11) is 1.55. The standard InChI is InChI=1S/C19H18N2O4/c1-11-8-9-13(10-16(11)24-3)19(23)25-12(2)17-20-15-7-5-4-6-14(15)18(22)21-17/h4-10,12H,1-3H3,(H,20,21,22). The number of benzene rings is 2. The molecule has 1 aromatic heterocycles. The molecule has 0 spiro atoms.